The minimum Gasteiger partial charge on any atom is -0.481 e. The summed E-state index contributed by atoms with van der Waals surface area (Å²) in [6.45, 7) is 4.31. The van der Waals surface area contributed by atoms with Crippen LogP contribution >= 0.6 is 0 Å². The summed E-state index contributed by atoms with van der Waals surface area (Å²) < 4.78 is 10.6. The van der Waals surface area contributed by atoms with Crippen molar-refractivity contribution in [2.75, 3.05) is 40.0 Å². The predicted octanol–water partition coefficient (Wildman–Crippen LogP) is 1.96. The second-order valence-corrected chi connectivity index (χ2v) is 6.38. The van der Waals surface area contributed by atoms with Crippen LogP contribution < -0.4 is 15.4 Å². The van der Waals surface area contributed by atoms with Gasteiger partial charge in [0, 0.05) is 37.9 Å². The van der Waals surface area contributed by atoms with Crippen molar-refractivity contribution < 1.29 is 14.3 Å². The molecule has 1 fully saturated rings. The first kappa shape index (κ1) is 19.1. The number of rotatable bonds is 7. The second-order valence-electron chi connectivity index (χ2n) is 6.38. The van der Waals surface area contributed by atoms with Crippen LogP contribution in [0.3, 0.4) is 0 Å². The number of nitrogens with one attached hydrogen (secondary N) is 2. The number of hydrogen-bond acceptors (Lipinski definition) is 5. The Balaban J connectivity index is 1.61. The number of pyridine rings is 1. The molecule has 2 aromatic rings. The maximum absolute atomic E-state index is 12.5. The Hall–Kier alpha value is -2.64. The summed E-state index contributed by atoms with van der Waals surface area (Å²) in [5.41, 5.74) is 1.91. The van der Waals surface area contributed by atoms with Gasteiger partial charge in [0.1, 0.15) is 0 Å². The molecule has 0 radical (unpaired) electrons. The standard InChI is InChI=1S/C20H26N4O3/c1-26-19-17(8-5-9-21-19)14-22-20(25)23-18(16-6-3-2-4-7-16)15-24-10-12-27-13-11-24/h2-9,18H,10-15H2,1H3,(H2,22,23,25). The fourth-order valence-corrected chi connectivity index (χ4v) is 3.09. The molecule has 2 heterocycles. The predicted molar refractivity (Wildman–Crippen MR) is 103 cm³/mol. The second kappa shape index (κ2) is 9.89. The SMILES string of the molecule is COc1ncccc1CNC(=O)NC(CN1CCOCC1)c1ccccc1. The van der Waals surface area contributed by atoms with Crippen molar-refractivity contribution >= 4 is 6.03 Å². The maximum Gasteiger partial charge on any atom is 0.315 e. The van der Waals surface area contributed by atoms with Crippen molar-refractivity contribution in [1.82, 2.24) is 20.5 Å². The van der Waals surface area contributed by atoms with Gasteiger partial charge in [0.25, 0.3) is 0 Å². The van der Waals surface area contributed by atoms with E-state index in [0.29, 0.717) is 12.4 Å². The van der Waals surface area contributed by atoms with Gasteiger partial charge in [-0.1, -0.05) is 36.4 Å². The van der Waals surface area contributed by atoms with E-state index in [-0.39, 0.29) is 12.1 Å². The third-order valence-corrected chi connectivity index (χ3v) is 4.53. The van der Waals surface area contributed by atoms with Crippen molar-refractivity contribution in [3.63, 3.8) is 0 Å². The van der Waals surface area contributed by atoms with E-state index in [0.717, 1.165) is 44.0 Å². The van der Waals surface area contributed by atoms with Crippen LogP contribution in [0.15, 0.2) is 48.7 Å². The van der Waals surface area contributed by atoms with Gasteiger partial charge >= 0.3 is 6.03 Å². The molecule has 7 nitrogen and oxygen atoms in total. The molecule has 3 rings (SSSR count). The van der Waals surface area contributed by atoms with Crippen LogP contribution in [0.25, 0.3) is 0 Å². The molecule has 0 saturated carbocycles. The highest BCUT2D eigenvalue weighted by atomic mass is 16.5. The summed E-state index contributed by atoms with van der Waals surface area (Å²) in [5.74, 6) is 0.519. The zero-order valence-electron chi connectivity index (χ0n) is 15.6. The number of amides is 2. The van der Waals surface area contributed by atoms with Crippen molar-refractivity contribution in [2.45, 2.75) is 12.6 Å². The molecule has 7 heteroatoms. The summed E-state index contributed by atoms with van der Waals surface area (Å²) >= 11 is 0. The number of urea groups is 1. The molecule has 1 aromatic carbocycles. The van der Waals surface area contributed by atoms with Crippen LogP contribution in [0, 0.1) is 0 Å². The number of carbonyl (C=O) groups is 1. The smallest absolute Gasteiger partial charge is 0.315 e. The number of nitrogens with zero attached hydrogens (tertiary/aromatic N) is 2. The third kappa shape index (κ3) is 5.67. The average molecular weight is 370 g/mol. The first-order valence-electron chi connectivity index (χ1n) is 9.13. The van der Waals surface area contributed by atoms with Crippen LogP contribution in [0.5, 0.6) is 5.88 Å². The van der Waals surface area contributed by atoms with E-state index in [1.807, 2.05) is 42.5 Å². The zero-order chi connectivity index (χ0) is 18.9. The Morgan fingerprint density at radius 3 is 2.74 bits per heavy atom. The molecule has 27 heavy (non-hydrogen) atoms. The highest BCUT2D eigenvalue weighted by molar-refractivity contribution is 5.74. The van der Waals surface area contributed by atoms with Gasteiger partial charge in [0.15, 0.2) is 0 Å². The van der Waals surface area contributed by atoms with Crippen LogP contribution in [-0.2, 0) is 11.3 Å². The number of benzene rings is 1. The molecular weight excluding hydrogens is 344 g/mol. The molecule has 2 N–H and O–H groups in total. The summed E-state index contributed by atoms with van der Waals surface area (Å²) in [4.78, 5) is 19.0. The van der Waals surface area contributed by atoms with E-state index in [4.69, 9.17) is 9.47 Å². The fourth-order valence-electron chi connectivity index (χ4n) is 3.09. The summed E-state index contributed by atoms with van der Waals surface area (Å²) in [7, 11) is 1.57. The lowest BCUT2D eigenvalue weighted by atomic mass is 10.1. The van der Waals surface area contributed by atoms with Gasteiger partial charge in [0.05, 0.1) is 26.4 Å². The normalized spacial score (nSPS) is 15.7. The Labute approximate surface area is 159 Å². The monoisotopic (exact) mass is 370 g/mol. The van der Waals surface area contributed by atoms with Crippen molar-refractivity contribution in [2.24, 2.45) is 0 Å². The van der Waals surface area contributed by atoms with Gasteiger partial charge in [-0.25, -0.2) is 9.78 Å². The number of carbonyl (C=O) groups excluding carboxylic acids is 1. The molecule has 1 unspecified atom stereocenters. The molecule has 2 amide bonds. The van der Waals surface area contributed by atoms with Crippen molar-refractivity contribution in [3.8, 4) is 5.88 Å². The lowest BCUT2D eigenvalue weighted by molar-refractivity contribution is 0.0340. The summed E-state index contributed by atoms with van der Waals surface area (Å²) in [6, 6.07) is 13.4. The number of ether oxygens (including phenoxy) is 2. The minimum atomic E-state index is -0.219. The lowest BCUT2D eigenvalue weighted by Crippen LogP contribution is -2.45. The van der Waals surface area contributed by atoms with Crippen LogP contribution in [0.2, 0.25) is 0 Å². The maximum atomic E-state index is 12.5. The molecule has 0 aliphatic carbocycles. The van der Waals surface area contributed by atoms with Gasteiger partial charge in [-0.2, -0.15) is 0 Å². The molecule has 1 saturated heterocycles. The van der Waals surface area contributed by atoms with Gasteiger partial charge in [-0.3, -0.25) is 4.90 Å². The number of aromatic nitrogens is 1. The topological polar surface area (TPSA) is 75.7 Å². The molecule has 0 bridgehead atoms. The minimum absolute atomic E-state index is 0.0971. The first-order valence-corrected chi connectivity index (χ1v) is 9.13. The third-order valence-electron chi connectivity index (χ3n) is 4.53. The van der Waals surface area contributed by atoms with Gasteiger partial charge < -0.3 is 20.1 Å². The number of morpholine rings is 1. The summed E-state index contributed by atoms with van der Waals surface area (Å²) in [5, 5.41) is 5.99. The Bertz CT molecular complexity index is 720. The largest absolute Gasteiger partial charge is 0.481 e. The van der Waals surface area contributed by atoms with E-state index in [1.165, 1.54) is 0 Å². The molecular formula is C20H26N4O3. The zero-order valence-corrected chi connectivity index (χ0v) is 15.6. The van der Waals surface area contributed by atoms with Gasteiger partial charge in [-0.15, -0.1) is 0 Å². The molecule has 1 atom stereocenters. The molecule has 1 aliphatic rings. The van der Waals surface area contributed by atoms with Crippen LogP contribution in [-0.4, -0.2) is 55.9 Å². The van der Waals surface area contributed by atoms with Gasteiger partial charge in [0.2, 0.25) is 5.88 Å². The van der Waals surface area contributed by atoms with Crippen molar-refractivity contribution in [1.29, 1.82) is 0 Å². The Morgan fingerprint density at radius 1 is 1.22 bits per heavy atom. The van der Waals surface area contributed by atoms with E-state index in [9.17, 15) is 4.79 Å². The highest BCUT2D eigenvalue weighted by Gasteiger charge is 2.20. The van der Waals surface area contributed by atoms with Crippen molar-refractivity contribution in [3.05, 3.63) is 59.8 Å². The van der Waals surface area contributed by atoms with Crippen LogP contribution in [0.4, 0.5) is 4.79 Å². The van der Waals surface area contributed by atoms with Crippen LogP contribution in [0.1, 0.15) is 17.2 Å². The Kier molecular flexibility index (Phi) is 7.01. The molecule has 144 valence electrons. The fraction of sp³-hybridized carbons (Fsp3) is 0.400. The summed E-state index contributed by atoms with van der Waals surface area (Å²) in [6.07, 6.45) is 1.66. The lowest BCUT2D eigenvalue weighted by Gasteiger charge is -2.31. The number of methoxy groups -OCH3 is 1. The van der Waals surface area contributed by atoms with E-state index in [2.05, 4.69) is 20.5 Å². The number of hydrogen-bond donors (Lipinski definition) is 2. The average Bonchev–Trinajstić information content (AvgIpc) is 2.73. The Morgan fingerprint density at radius 2 is 2.00 bits per heavy atom. The van der Waals surface area contributed by atoms with Gasteiger partial charge in [-0.05, 0) is 11.6 Å². The quantitative estimate of drug-likeness (QED) is 0.779. The van der Waals surface area contributed by atoms with E-state index in [1.54, 1.807) is 13.3 Å². The molecule has 1 aliphatic heterocycles. The highest BCUT2D eigenvalue weighted by Crippen LogP contribution is 2.16. The first-order chi connectivity index (χ1) is 13.3. The molecule has 1 aromatic heterocycles. The van der Waals surface area contributed by atoms with E-state index < -0.39 is 0 Å². The molecule has 0 spiro atoms. The van der Waals surface area contributed by atoms with E-state index >= 15 is 0 Å².